The van der Waals surface area contributed by atoms with E-state index >= 15 is 0 Å². The molecule has 13 heteroatoms. The average Bonchev–Trinajstić information content (AvgIpc) is 3.48. The van der Waals surface area contributed by atoms with Gasteiger partial charge in [-0.2, -0.15) is 4.31 Å². The average molecular weight is 666 g/mol. The highest BCUT2D eigenvalue weighted by Crippen LogP contribution is 2.36. The predicted octanol–water partition coefficient (Wildman–Crippen LogP) is 4.18. The lowest BCUT2D eigenvalue weighted by Gasteiger charge is -2.30. The first-order chi connectivity index (χ1) is 22.6. The number of aliphatic hydroxyl groups is 1. The fraction of sp³-hybridized carbons (Fsp3) is 0.294. The molecule has 1 aromatic heterocycles. The Labute approximate surface area is 272 Å². The number of fused-ring (bicyclic) bond motifs is 1. The maximum absolute atomic E-state index is 13.4. The predicted molar refractivity (Wildman–Crippen MR) is 172 cm³/mol. The Morgan fingerprint density at radius 1 is 1.06 bits per heavy atom. The lowest BCUT2D eigenvalue weighted by atomic mass is 9.92. The number of aromatic nitrogens is 1. The van der Waals surface area contributed by atoms with Crippen LogP contribution in [0.3, 0.4) is 0 Å². The molecule has 2 heterocycles. The smallest absolute Gasteiger partial charge is 0.286 e. The van der Waals surface area contributed by atoms with Gasteiger partial charge in [0.05, 0.1) is 30.7 Å². The van der Waals surface area contributed by atoms with Gasteiger partial charge in [0, 0.05) is 50.5 Å². The molecule has 2 N–H and O–H groups in total. The van der Waals surface area contributed by atoms with Crippen molar-refractivity contribution < 1.29 is 41.7 Å². The number of halogens is 1. The molecule has 0 radical (unpaired) electrons. The summed E-state index contributed by atoms with van der Waals surface area (Å²) in [5.41, 5.74) is 2.20. The van der Waals surface area contributed by atoms with Crippen LogP contribution in [0.2, 0.25) is 0 Å². The number of sulfonamides is 1. The number of methoxy groups -OCH3 is 1. The zero-order valence-corrected chi connectivity index (χ0v) is 26.8. The Hall–Kier alpha value is -4.56. The van der Waals surface area contributed by atoms with E-state index < -0.39 is 34.7 Å². The number of allylic oxidation sites excluding steroid dienone is 1. The van der Waals surface area contributed by atoms with Crippen molar-refractivity contribution in [2.75, 3.05) is 33.4 Å². The minimum absolute atomic E-state index is 0.00825. The fourth-order valence-electron chi connectivity index (χ4n) is 5.42. The summed E-state index contributed by atoms with van der Waals surface area (Å²) in [5, 5.41) is 13.2. The van der Waals surface area contributed by atoms with Crippen molar-refractivity contribution in [1.29, 1.82) is 0 Å². The van der Waals surface area contributed by atoms with Crippen molar-refractivity contribution in [2.24, 2.45) is 0 Å². The molecule has 47 heavy (non-hydrogen) atoms. The number of nitrogens with zero attached hydrogens (tertiary/aromatic N) is 2. The van der Waals surface area contributed by atoms with Crippen molar-refractivity contribution in [3.8, 4) is 5.75 Å². The van der Waals surface area contributed by atoms with E-state index in [4.69, 9.17) is 14.2 Å². The molecule has 2 atom stereocenters. The Kier molecular flexibility index (Phi) is 10.7. The third kappa shape index (κ3) is 7.88. The van der Waals surface area contributed by atoms with E-state index in [0.29, 0.717) is 11.3 Å². The van der Waals surface area contributed by atoms with E-state index in [-0.39, 0.29) is 55.0 Å². The van der Waals surface area contributed by atoms with Crippen LogP contribution in [0.25, 0.3) is 10.9 Å². The molecular formula is C34H36FN3O8S. The van der Waals surface area contributed by atoms with E-state index in [1.807, 2.05) is 24.3 Å². The molecule has 1 aliphatic heterocycles. The summed E-state index contributed by atoms with van der Waals surface area (Å²) in [4.78, 5) is 25.8. The second-order valence-corrected chi connectivity index (χ2v) is 12.8. The number of hydrogen-bond donors (Lipinski definition) is 2. The zero-order chi connectivity index (χ0) is 33.6. The monoisotopic (exact) mass is 665 g/mol. The van der Waals surface area contributed by atoms with Crippen molar-refractivity contribution in [1.82, 2.24) is 14.2 Å². The highest BCUT2D eigenvalue weighted by atomic mass is 32.2. The van der Waals surface area contributed by atoms with Gasteiger partial charge in [-0.1, -0.05) is 30.3 Å². The molecule has 0 saturated heterocycles. The molecule has 1 aliphatic rings. The highest BCUT2D eigenvalue weighted by molar-refractivity contribution is 7.89. The van der Waals surface area contributed by atoms with Gasteiger partial charge in [0.25, 0.3) is 5.91 Å². The molecule has 0 spiro atoms. The summed E-state index contributed by atoms with van der Waals surface area (Å²) < 4.78 is 59.8. The summed E-state index contributed by atoms with van der Waals surface area (Å²) in [6.07, 6.45) is 2.75. The summed E-state index contributed by atoms with van der Waals surface area (Å²) in [6, 6.07) is 19.1. The molecule has 1 amide bonds. The number of carbonyl (C=O) groups is 2. The van der Waals surface area contributed by atoms with Crippen LogP contribution in [-0.4, -0.2) is 73.9 Å². The molecule has 248 valence electrons. The van der Waals surface area contributed by atoms with Crippen molar-refractivity contribution >= 4 is 32.7 Å². The van der Waals surface area contributed by atoms with Gasteiger partial charge in [0.1, 0.15) is 11.6 Å². The van der Waals surface area contributed by atoms with Gasteiger partial charge in [-0.15, -0.1) is 0 Å². The van der Waals surface area contributed by atoms with E-state index in [9.17, 15) is 27.5 Å². The number of ether oxygens (including phenoxy) is 3. The molecule has 5 rings (SSSR count). The minimum Gasteiger partial charge on any atom is -0.497 e. The highest BCUT2D eigenvalue weighted by Gasteiger charge is 2.32. The first-order valence-corrected chi connectivity index (χ1v) is 16.4. The van der Waals surface area contributed by atoms with Gasteiger partial charge in [0.15, 0.2) is 5.76 Å². The Morgan fingerprint density at radius 2 is 1.79 bits per heavy atom. The molecule has 3 aromatic carbocycles. The molecule has 0 aliphatic carbocycles. The van der Waals surface area contributed by atoms with Crippen LogP contribution in [0.4, 0.5) is 4.39 Å². The molecule has 0 bridgehead atoms. The zero-order valence-electron chi connectivity index (χ0n) is 26.0. The minimum atomic E-state index is -3.97. The molecule has 0 fully saturated rings. The Balaban J connectivity index is 1.36. The van der Waals surface area contributed by atoms with Gasteiger partial charge < -0.3 is 24.6 Å². The SMILES string of the molecule is COc1ccc(S(=O)(=O)N(CCO)CCO[C@H]2C[C@@H](c3cn(C(C)=O)c4ccccc34)C=C(C(=O)NCc3ccc(F)cc3)O2)cc1. The van der Waals surface area contributed by atoms with Crippen LogP contribution in [0.1, 0.15) is 35.2 Å². The molecule has 0 unspecified atom stereocenters. The lowest BCUT2D eigenvalue weighted by Crippen LogP contribution is -2.38. The van der Waals surface area contributed by atoms with Crippen molar-refractivity contribution in [2.45, 2.75) is 37.0 Å². The van der Waals surface area contributed by atoms with Crippen molar-refractivity contribution in [3.05, 3.63) is 108 Å². The number of benzene rings is 3. The Bertz CT molecular complexity index is 1860. The number of amides is 1. The normalized spacial score (nSPS) is 16.5. The quantitative estimate of drug-likeness (QED) is 0.217. The fourth-order valence-corrected chi connectivity index (χ4v) is 6.83. The van der Waals surface area contributed by atoms with Gasteiger partial charge in [-0.3, -0.25) is 14.2 Å². The molecule has 11 nitrogen and oxygen atoms in total. The second-order valence-electron chi connectivity index (χ2n) is 10.9. The number of hydrogen-bond acceptors (Lipinski definition) is 8. The third-order valence-electron chi connectivity index (χ3n) is 7.82. The largest absolute Gasteiger partial charge is 0.497 e. The maximum atomic E-state index is 13.4. The standard InChI is InChI=1S/C34H36FN3O8S/c1-23(40)38-22-30(29-5-3-4-6-31(29)38)25-19-32(34(41)36-21-24-7-9-26(35)10-8-24)46-33(20-25)45-18-16-37(15-17-39)47(42,43)28-13-11-27(44-2)12-14-28/h3-14,19,22,25,33,39H,15-18,20-21H2,1-2H3,(H,36,41)/t25-,33+/m0/s1. The number of carbonyl (C=O) groups excluding carboxylic acids is 2. The number of aliphatic hydroxyl groups excluding tert-OH is 1. The first-order valence-electron chi connectivity index (χ1n) is 15.0. The number of rotatable bonds is 13. The van der Waals surface area contributed by atoms with E-state index in [0.717, 1.165) is 20.8 Å². The topological polar surface area (TPSA) is 136 Å². The molecule has 4 aromatic rings. The molecule has 0 saturated carbocycles. The van der Waals surface area contributed by atoms with Gasteiger partial charge in [-0.05, 0) is 59.7 Å². The lowest BCUT2D eigenvalue weighted by molar-refractivity contribution is -0.146. The van der Waals surface area contributed by atoms with Gasteiger partial charge >= 0.3 is 0 Å². The maximum Gasteiger partial charge on any atom is 0.286 e. The summed E-state index contributed by atoms with van der Waals surface area (Å²) in [6.45, 7) is 0.824. The van der Waals surface area contributed by atoms with Crippen LogP contribution in [0.15, 0.2) is 95.7 Å². The second kappa shape index (κ2) is 14.9. The van der Waals surface area contributed by atoms with E-state index in [2.05, 4.69) is 5.32 Å². The number of nitrogens with one attached hydrogen (secondary N) is 1. The Morgan fingerprint density at radius 3 is 2.47 bits per heavy atom. The van der Waals surface area contributed by atoms with Crippen LogP contribution in [-0.2, 0) is 30.8 Å². The van der Waals surface area contributed by atoms with Crippen LogP contribution >= 0.6 is 0 Å². The third-order valence-corrected chi connectivity index (χ3v) is 9.73. The van der Waals surface area contributed by atoms with Gasteiger partial charge in [-0.25, -0.2) is 12.8 Å². The summed E-state index contributed by atoms with van der Waals surface area (Å²) >= 11 is 0. The van der Waals surface area contributed by atoms with E-state index in [1.54, 1.807) is 29.0 Å². The summed E-state index contributed by atoms with van der Waals surface area (Å²) in [5.74, 6) is -0.988. The number of para-hydroxylation sites is 1. The van der Waals surface area contributed by atoms with Crippen LogP contribution < -0.4 is 10.1 Å². The van der Waals surface area contributed by atoms with Crippen LogP contribution in [0.5, 0.6) is 5.75 Å². The first kappa shape index (κ1) is 33.8. The summed E-state index contributed by atoms with van der Waals surface area (Å²) in [7, 11) is -2.49. The molecular weight excluding hydrogens is 629 g/mol. The van der Waals surface area contributed by atoms with Crippen LogP contribution in [0, 0.1) is 5.82 Å². The van der Waals surface area contributed by atoms with E-state index in [1.165, 1.54) is 50.4 Å². The van der Waals surface area contributed by atoms with Gasteiger partial charge in [0.2, 0.25) is 22.2 Å². The van der Waals surface area contributed by atoms with Crippen molar-refractivity contribution in [3.63, 3.8) is 0 Å².